The van der Waals surface area contributed by atoms with Crippen molar-refractivity contribution in [3.63, 3.8) is 0 Å². The Balaban J connectivity index is 1.99. The minimum Gasteiger partial charge on any atom is -0.481 e. The number of likely N-dealkylation sites (tertiary alicyclic amines) is 1. The smallest absolute Gasteiger partial charge is 0.303 e. The highest BCUT2D eigenvalue weighted by atomic mass is 16.4. The molecule has 4 heteroatoms. The van der Waals surface area contributed by atoms with Gasteiger partial charge in [0, 0.05) is 24.9 Å². The zero-order chi connectivity index (χ0) is 13.8. The van der Waals surface area contributed by atoms with E-state index in [0.29, 0.717) is 5.92 Å². The van der Waals surface area contributed by atoms with E-state index in [0.717, 1.165) is 13.0 Å². The fourth-order valence-electron chi connectivity index (χ4n) is 2.79. The van der Waals surface area contributed by atoms with Gasteiger partial charge >= 0.3 is 5.97 Å². The molecule has 2 atom stereocenters. The van der Waals surface area contributed by atoms with Crippen molar-refractivity contribution in [2.75, 3.05) is 6.54 Å². The monoisotopic (exact) mass is 261 g/mol. The minimum absolute atomic E-state index is 0.0478. The molecule has 1 heterocycles. The summed E-state index contributed by atoms with van der Waals surface area (Å²) in [7, 11) is 0. The summed E-state index contributed by atoms with van der Waals surface area (Å²) in [6.07, 6.45) is 0.962. The van der Waals surface area contributed by atoms with Gasteiger partial charge in [0.25, 0.3) is 0 Å². The van der Waals surface area contributed by atoms with Crippen molar-refractivity contribution in [2.45, 2.75) is 38.1 Å². The molecule has 1 aromatic carbocycles. The molecule has 1 aliphatic heterocycles. The number of carboxylic acids is 1. The minimum atomic E-state index is -0.917. The third kappa shape index (κ3) is 3.13. The molecule has 1 aromatic rings. The highest BCUT2D eigenvalue weighted by Crippen LogP contribution is 2.33. The lowest BCUT2D eigenvalue weighted by Gasteiger charge is -2.25. The van der Waals surface area contributed by atoms with Crippen LogP contribution in [0, 0.1) is 0 Å². The number of aliphatic carboxylic acids is 1. The second-order valence-electron chi connectivity index (χ2n) is 5.03. The number of amides is 1. The van der Waals surface area contributed by atoms with Crippen LogP contribution in [-0.4, -0.2) is 34.5 Å². The average molecular weight is 261 g/mol. The standard InChI is InChI=1S/C15H19NO3/c1-11-13(12-5-3-2-4-6-12)9-10-16(11)14(17)7-8-15(18)19/h2-6,11,13H,7-10H2,1H3,(H,18,19). The van der Waals surface area contributed by atoms with Gasteiger partial charge in [0.1, 0.15) is 0 Å². The zero-order valence-electron chi connectivity index (χ0n) is 11.1. The number of carbonyl (C=O) groups excluding carboxylic acids is 1. The predicted molar refractivity (Wildman–Crippen MR) is 71.8 cm³/mol. The van der Waals surface area contributed by atoms with Crippen LogP contribution >= 0.6 is 0 Å². The van der Waals surface area contributed by atoms with Gasteiger partial charge < -0.3 is 10.0 Å². The summed E-state index contributed by atoms with van der Waals surface area (Å²) >= 11 is 0. The predicted octanol–water partition coefficient (Wildman–Crippen LogP) is 2.26. The van der Waals surface area contributed by atoms with E-state index in [2.05, 4.69) is 12.1 Å². The van der Waals surface area contributed by atoms with Crippen LogP contribution in [0.25, 0.3) is 0 Å². The fraction of sp³-hybridized carbons (Fsp3) is 0.467. The Morgan fingerprint density at radius 1 is 1.26 bits per heavy atom. The van der Waals surface area contributed by atoms with E-state index in [9.17, 15) is 9.59 Å². The van der Waals surface area contributed by atoms with Crippen molar-refractivity contribution in [3.8, 4) is 0 Å². The maximum atomic E-state index is 12.0. The van der Waals surface area contributed by atoms with Crippen LogP contribution in [0.1, 0.15) is 37.7 Å². The topological polar surface area (TPSA) is 57.6 Å². The second kappa shape index (κ2) is 5.87. The van der Waals surface area contributed by atoms with E-state index < -0.39 is 5.97 Å². The zero-order valence-corrected chi connectivity index (χ0v) is 11.1. The average Bonchev–Trinajstić information content (AvgIpc) is 2.79. The van der Waals surface area contributed by atoms with Crippen LogP contribution in [0.2, 0.25) is 0 Å². The second-order valence-corrected chi connectivity index (χ2v) is 5.03. The number of benzene rings is 1. The molecule has 0 aliphatic carbocycles. The summed E-state index contributed by atoms with van der Waals surface area (Å²) in [6, 6.07) is 10.3. The van der Waals surface area contributed by atoms with Gasteiger partial charge in [-0.25, -0.2) is 0 Å². The van der Waals surface area contributed by atoms with Gasteiger partial charge in [-0.05, 0) is 18.9 Å². The van der Waals surface area contributed by atoms with Crippen LogP contribution in [0.3, 0.4) is 0 Å². The van der Waals surface area contributed by atoms with Crippen molar-refractivity contribution in [2.24, 2.45) is 0 Å². The molecule has 4 nitrogen and oxygen atoms in total. The Hall–Kier alpha value is -1.84. The number of hydrogen-bond acceptors (Lipinski definition) is 2. The fourth-order valence-corrected chi connectivity index (χ4v) is 2.79. The van der Waals surface area contributed by atoms with E-state index >= 15 is 0 Å². The Bertz CT molecular complexity index is 458. The summed E-state index contributed by atoms with van der Waals surface area (Å²) in [5.74, 6) is -0.608. The van der Waals surface area contributed by atoms with Crippen molar-refractivity contribution in [1.29, 1.82) is 0 Å². The summed E-state index contributed by atoms with van der Waals surface area (Å²) in [5.41, 5.74) is 1.25. The number of rotatable bonds is 4. The molecule has 0 saturated carbocycles. The van der Waals surface area contributed by atoms with Crippen molar-refractivity contribution in [3.05, 3.63) is 35.9 Å². The molecule has 1 N–H and O–H groups in total. The molecule has 102 valence electrons. The molecular formula is C15H19NO3. The van der Waals surface area contributed by atoms with Gasteiger partial charge in [-0.3, -0.25) is 9.59 Å². The van der Waals surface area contributed by atoms with Gasteiger partial charge in [0.15, 0.2) is 0 Å². The summed E-state index contributed by atoms with van der Waals surface area (Å²) in [4.78, 5) is 24.3. The molecule has 2 unspecified atom stereocenters. The highest BCUT2D eigenvalue weighted by Gasteiger charge is 2.34. The Labute approximate surface area is 113 Å². The number of nitrogens with zero attached hydrogens (tertiary/aromatic N) is 1. The quantitative estimate of drug-likeness (QED) is 0.904. The van der Waals surface area contributed by atoms with Gasteiger partial charge in [-0.15, -0.1) is 0 Å². The van der Waals surface area contributed by atoms with Gasteiger partial charge in [0.2, 0.25) is 5.91 Å². The molecule has 2 rings (SSSR count). The lowest BCUT2D eigenvalue weighted by Crippen LogP contribution is -2.35. The molecule has 0 bridgehead atoms. The van der Waals surface area contributed by atoms with Gasteiger partial charge in [-0.2, -0.15) is 0 Å². The SMILES string of the molecule is CC1C(c2ccccc2)CCN1C(=O)CCC(=O)O. The molecule has 1 saturated heterocycles. The first-order valence-electron chi connectivity index (χ1n) is 6.66. The van der Waals surface area contributed by atoms with E-state index in [1.54, 1.807) is 0 Å². The van der Waals surface area contributed by atoms with Crippen molar-refractivity contribution in [1.82, 2.24) is 4.90 Å². The summed E-state index contributed by atoms with van der Waals surface area (Å²) < 4.78 is 0. The molecular weight excluding hydrogens is 242 g/mol. The van der Waals surface area contributed by atoms with Gasteiger partial charge in [-0.1, -0.05) is 30.3 Å². The number of carbonyl (C=O) groups is 2. The first kappa shape index (κ1) is 13.6. The molecule has 1 aliphatic rings. The van der Waals surface area contributed by atoms with Crippen LogP contribution in [0.4, 0.5) is 0 Å². The number of carboxylic acid groups (broad SMARTS) is 1. The summed E-state index contributed by atoms with van der Waals surface area (Å²) in [6.45, 7) is 2.77. The first-order valence-corrected chi connectivity index (χ1v) is 6.66. The number of hydrogen-bond donors (Lipinski definition) is 1. The Morgan fingerprint density at radius 2 is 1.95 bits per heavy atom. The molecule has 0 aromatic heterocycles. The molecule has 0 radical (unpaired) electrons. The third-order valence-corrected chi connectivity index (χ3v) is 3.86. The third-order valence-electron chi connectivity index (χ3n) is 3.86. The highest BCUT2D eigenvalue weighted by molar-refractivity contribution is 5.81. The summed E-state index contributed by atoms with van der Waals surface area (Å²) in [5, 5.41) is 8.63. The van der Waals surface area contributed by atoms with Crippen molar-refractivity contribution >= 4 is 11.9 Å². The molecule has 1 amide bonds. The molecule has 1 fully saturated rings. The van der Waals surface area contributed by atoms with Gasteiger partial charge in [0.05, 0.1) is 6.42 Å². The van der Waals surface area contributed by atoms with E-state index in [4.69, 9.17) is 5.11 Å². The lowest BCUT2D eigenvalue weighted by molar-refractivity contribution is -0.141. The largest absolute Gasteiger partial charge is 0.481 e. The van der Waals surface area contributed by atoms with Crippen LogP contribution in [0.5, 0.6) is 0 Å². The van der Waals surface area contributed by atoms with Crippen LogP contribution < -0.4 is 0 Å². The van der Waals surface area contributed by atoms with Crippen LogP contribution in [0.15, 0.2) is 30.3 Å². The van der Waals surface area contributed by atoms with Crippen molar-refractivity contribution < 1.29 is 14.7 Å². The maximum Gasteiger partial charge on any atom is 0.303 e. The maximum absolute atomic E-state index is 12.0. The Morgan fingerprint density at radius 3 is 2.58 bits per heavy atom. The Kier molecular flexibility index (Phi) is 4.20. The van der Waals surface area contributed by atoms with E-state index in [1.165, 1.54) is 5.56 Å². The normalized spacial score (nSPS) is 22.5. The first-order chi connectivity index (χ1) is 9.09. The van der Waals surface area contributed by atoms with E-state index in [1.807, 2.05) is 30.0 Å². The molecule has 19 heavy (non-hydrogen) atoms. The van der Waals surface area contributed by atoms with Crippen LogP contribution in [-0.2, 0) is 9.59 Å². The lowest BCUT2D eigenvalue weighted by atomic mass is 9.93. The van der Waals surface area contributed by atoms with E-state index in [-0.39, 0.29) is 24.8 Å². The molecule has 0 spiro atoms.